The van der Waals surface area contributed by atoms with Gasteiger partial charge in [0.1, 0.15) is 6.61 Å². The van der Waals surface area contributed by atoms with Gasteiger partial charge in [0.25, 0.3) is 0 Å². The van der Waals surface area contributed by atoms with Crippen molar-refractivity contribution >= 4 is 0 Å². The molecule has 4 rings (SSSR count). The molecule has 84 valence electrons. The van der Waals surface area contributed by atoms with E-state index in [2.05, 4.69) is 18.2 Å². The summed E-state index contributed by atoms with van der Waals surface area (Å²) in [5.74, 6) is 1.89. The quantitative estimate of drug-likeness (QED) is 0.606. The maximum absolute atomic E-state index is 5.51. The number of hydrogen-bond acceptors (Lipinski definition) is 1. The largest absolute Gasteiger partial charge is 0.497 e. The van der Waals surface area contributed by atoms with Crippen molar-refractivity contribution in [3.05, 3.63) is 35.6 Å². The summed E-state index contributed by atoms with van der Waals surface area (Å²) in [4.78, 5) is 0. The lowest BCUT2D eigenvalue weighted by atomic mass is 9.39. The third-order valence-electron chi connectivity index (χ3n) is 5.25. The molecule has 0 aromatic carbocycles. The molecule has 0 N–H and O–H groups in total. The predicted octanol–water partition coefficient (Wildman–Crippen LogP) is 3.59. The molecule has 16 heavy (non-hydrogen) atoms. The van der Waals surface area contributed by atoms with Crippen LogP contribution in [-0.2, 0) is 4.74 Å². The van der Waals surface area contributed by atoms with Crippen molar-refractivity contribution in [2.45, 2.75) is 32.1 Å². The van der Waals surface area contributed by atoms with Crippen LogP contribution in [0.25, 0.3) is 0 Å². The fourth-order valence-electron chi connectivity index (χ4n) is 4.75. The molecule has 3 atom stereocenters. The highest BCUT2D eigenvalue weighted by molar-refractivity contribution is 5.46. The van der Waals surface area contributed by atoms with Gasteiger partial charge in [-0.15, -0.1) is 0 Å². The average molecular weight is 214 g/mol. The summed E-state index contributed by atoms with van der Waals surface area (Å²) in [6.45, 7) is 0.830. The van der Waals surface area contributed by atoms with Crippen LogP contribution < -0.4 is 0 Å². The number of rotatable bonds is 1. The molecule has 0 aromatic rings. The van der Waals surface area contributed by atoms with Crippen LogP contribution in [0.3, 0.4) is 0 Å². The zero-order valence-corrected chi connectivity index (χ0v) is 9.61. The second-order valence-corrected chi connectivity index (χ2v) is 5.64. The van der Waals surface area contributed by atoms with Gasteiger partial charge in [0.15, 0.2) is 0 Å². The maximum atomic E-state index is 5.51. The molecule has 1 heteroatoms. The second-order valence-electron chi connectivity index (χ2n) is 5.64. The summed E-state index contributed by atoms with van der Waals surface area (Å²) in [5, 5.41) is 0. The van der Waals surface area contributed by atoms with E-state index in [9.17, 15) is 0 Å². The van der Waals surface area contributed by atoms with Crippen molar-refractivity contribution in [1.82, 2.24) is 0 Å². The van der Waals surface area contributed by atoms with Crippen LogP contribution in [0.15, 0.2) is 35.6 Å². The molecule has 1 heterocycles. The summed E-state index contributed by atoms with van der Waals surface area (Å²) in [7, 11) is 0. The van der Waals surface area contributed by atoms with Crippen LogP contribution in [0.1, 0.15) is 32.1 Å². The first-order valence-corrected chi connectivity index (χ1v) is 6.61. The van der Waals surface area contributed by atoms with E-state index < -0.39 is 0 Å². The third-order valence-corrected chi connectivity index (χ3v) is 5.25. The molecule has 3 unspecified atom stereocenters. The minimum atomic E-state index is 0.450. The van der Waals surface area contributed by atoms with Crippen LogP contribution in [0.4, 0.5) is 0 Å². The molecule has 2 fully saturated rings. The average Bonchev–Trinajstić information content (AvgIpc) is 2.42. The highest BCUT2D eigenvalue weighted by atomic mass is 16.5. The summed E-state index contributed by atoms with van der Waals surface area (Å²) >= 11 is 0. The van der Waals surface area contributed by atoms with Crippen molar-refractivity contribution in [2.75, 3.05) is 6.61 Å². The standard InChI is InChI=1S/C15H18O/c1-6-13-12-5-2-8-15(13,14(12)7-1)11-4-3-9-16-10-11/h3-4,6,9,12,14H,1-2,5,7-8,10H2. The Morgan fingerprint density at radius 1 is 1.31 bits per heavy atom. The lowest BCUT2D eigenvalue weighted by molar-refractivity contribution is -0.00372. The Balaban J connectivity index is 1.80. The highest BCUT2D eigenvalue weighted by Gasteiger charge is 2.61. The second kappa shape index (κ2) is 3.03. The number of hydrogen-bond donors (Lipinski definition) is 0. The van der Waals surface area contributed by atoms with Gasteiger partial charge < -0.3 is 4.74 Å². The molecular weight excluding hydrogens is 196 g/mol. The van der Waals surface area contributed by atoms with E-state index >= 15 is 0 Å². The lowest BCUT2D eigenvalue weighted by Crippen LogP contribution is -2.57. The Bertz CT molecular complexity index is 415. The Morgan fingerprint density at radius 2 is 2.31 bits per heavy atom. The van der Waals surface area contributed by atoms with E-state index in [0.717, 1.165) is 18.4 Å². The van der Waals surface area contributed by atoms with Gasteiger partial charge in [-0.25, -0.2) is 0 Å². The molecular formula is C15H18O. The zero-order valence-electron chi connectivity index (χ0n) is 9.61. The molecule has 4 aliphatic rings. The molecule has 3 aliphatic carbocycles. The molecule has 0 radical (unpaired) electrons. The van der Waals surface area contributed by atoms with E-state index in [1.807, 2.05) is 6.26 Å². The van der Waals surface area contributed by atoms with E-state index in [4.69, 9.17) is 4.74 Å². The number of ether oxygens (including phenoxy) is 1. The molecule has 0 saturated heterocycles. The van der Waals surface area contributed by atoms with Crippen molar-refractivity contribution < 1.29 is 4.74 Å². The smallest absolute Gasteiger partial charge is 0.110 e. The van der Waals surface area contributed by atoms with Crippen LogP contribution >= 0.6 is 0 Å². The summed E-state index contributed by atoms with van der Waals surface area (Å²) in [6.07, 6.45) is 15.7. The summed E-state index contributed by atoms with van der Waals surface area (Å²) in [6, 6.07) is 0. The van der Waals surface area contributed by atoms with E-state index in [-0.39, 0.29) is 0 Å². The number of allylic oxidation sites excluding steroid dienone is 4. The molecule has 4 bridgehead atoms. The van der Waals surface area contributed by atoms with Gasteiger partial charge in [-0.05, 0) is 49.2 Å². The summed E-state index contributed by atoms with van der Waals surface area (Å²) in [5.41, 5.74) is 3.79. The van der Waals surface area contributed by atoms with Crippen LogP contribution in [-0.4, -0.2) is 6.61 Å². The van der Waals surface area contributed by atoms with Crippen molar-refractivity contribution in [1.29, 1.82) is 0 Å². The van der Waals surface area contributed by atoms with Crippen LogP contribution in [0.2, 0.25) is 0 Å². The molecule has 0 aromatic heterocycles. The fourth-order valence-corrected chi connectivity index (χ4v) is 4.75. The molecule has 0 spiro atoms. The molecule has 1 aliphatic heterocycles. The normalized spacial score (nSPS) is 44.0. The Kier molecular flexibility index (Phi) is 1.72. The van der Waals surface area contributed by atoms with Gasteiger partial charge in [-0.1, -0.05) is 24.1 Å². The SMILES string of the molecule is C1=COCC(C23CCCC4C2=CCCC43)=C1. The number of fused-ring (bicyclic) bond motifs is 1. The van der Waals surface area contributed by atoms with Gasteiger partial charge in [-0.2, -0.15) is 0 Å². The van der Waals surface area contributed by atoms with Crippen molar-refractivity contribution in [3.63, 3.8) is 0 Å². The lowest BCUT2D eigenvalue weighted by Gasteiger charge is -2.65. The monoisotopic (exact) mass is 214 g/mol. The Morgan fingerprint density at radius 3 is 3.06 bits per heavy atom. The molecule has 2 saturated carbocycles. The van der Waals surface area contributed by atoms with E-state index in [1.165, 1.54) is 32.1 Å². The minimum absolute atomic E-state index is 0.450. The van der Waals surface area contributed by atoms with Crippen molar-refractivity contribution in [3.8, 4) is 0 Å². The molecule has 0 amide bonds. The first kappa shape index (κ1) is 9.09. The highest BCUT2D eigenvalue weighted by Crippen LogP contribution is 2.70. The predicted molar refractivity (Wildman–Crippen MR) is 63.8 cm³/mol. The van der Waals surface area contributed by atoms with Crippen molar-refractivity contribution in [2.24, 2.45) is 17.3 Å². The van der Waals surface area contributed by atoms with E-state index in [1.54, 1.807) is 11.1 Å². The minimum Gasteiger partial charge on any atom is -0.497 e. The summed E-state index contributed by atoms with van der Waals surface area (Å²) < 4.78 is 5.51. The van der Waals surface area contributed by atoms with Gasteiger partial charge >= 0.3 is 0 Å². The van der Waals surface area contributed by atoms with Crippen LogP contribution in [0.5, 0.6) is 0 Å². The zero-order chi connectivity index (χ0) is 10.6. The molecule has 1 nitrogen and oxygen atoms in total. The maximum Gasteiger partial charge on any atom is 0.110 e. The van der Waals surface area contributed by atoms with Gasteiger partial charge in [0.05, 0.1) is 6.26 Å². The van der Waals surface area contributed by atoms with Gasteiger partial charge in [-0.3, -0.25) is 0 Å². The Hall–Kier alpha value is -0.980. The van der Waals surface area contributed by atoms with Gasteiger partial charge in [0, 0.05) is 5.41 Å². The third kappa shape index (κ3) is 0.888. The first-order chi connectivity index (χ1) is 7.93. The van der Waals surface area contributed by atoms with Gasteiger partial charge in [0.2, 0.25) is 0 Å². The first-order valence-electron chi connectivity index (χ1n) is 6.61. The fraction of sp³-hybridized carbons (Fsp3) is 0.600. The topological polar surface area (TPSA) is 9.23 Å². The van der Waals surface area contributed by atoms with Crippen LogP contribution in [0, 0.1) is 17.3 Å². The van der Waals surface area contributed by atoms with E-state index in [0.29, 0.717) is 5.41 Å². The Labute approximate surface area is 96.9 Å².